The fourth-order valence-electron chi connectivity index (χ4n) is 4.89. The van der Waals surface area contributed by atoms with Gasteiger partial charge in [0.2, 0.25) is 0 Å². The van der Waals surface area contributed by atoms with Crippen LogP contribution in [0.3, 0.4) is 0 Å². The predicted octanol–water partition coefficient (Wildman–Crippen LogP) is 8.22. The van der Waals surface area contributed by atoms with Crippen LogP contribution in [-0.4, -0.2) is 19.6 Å². The van der Waals surface area contributed by atoms with Crippen molar-refractivity contribution in [3.05, 3.63) is 108 Å². The summed E-state index contributed by atoms with van der Waals surface area (Å²) in [5, 5.41) is 14.0. The maximum Gasteiger partial charge on any atom is 0.146 e. The number of aromatic nitrogens is 3. The second kappa shape index (κ2) is 9.75. The van der Waals surface area contributed by atoms with Gasteiger partial charge in [-0.1, -0.05) is 62.0 Å². The smallest absolute Gasteiger partial charge is 0.146 e. The van der Waals surface area contributed by atoms with Crippen molar-refractivity contribution in [2.24, 2.45) is 0 Å². The van der Waals surface area contributed by atoms with E-state index in [0.29, 0.717) is 0 Å². The minimum absolute atomic E-state index is 0.234. The van der Waals surface area contributed by atoms with Crippen LogP contribution >= 0.6 is 11.8 Å². The van der Waals surface area contributed by atoms with E-state index in [2.05, 4.69) is 71.9 Å². The highest BCUT2D eigenvalue weighted by atomic mass is 32.2. The summed E-state index contributed by atoms with van der Waals surface area (Å²) in [6.45, 7) is 4.35. The zero-order valence-corrected chi connectivity index (χ0v) is 21.7. The number of nitrogens with zero attached hydrogens (tertiary/aromatic N) is 3. The van der Waals surface area contributed by atoms with Crippen LogP contribution in [0.15, 0.2) is 107 Å². The van der Waals surface area contributed by atoms with Gasteiger partial charge in [-0.05, 0) is 78.6 Å². The molecule has 0 saturated heterocycles. The highest BCUT2D eigenvalue weighted by Gasteiger charge is 2.19. The molecule has 0 aliphatic heterocycles. The van der Waals surface area contributed by atoms with Gasteiger partial charge in [0, 0.05) is 27.4 Å². The molecular weight excluding hydrogens is 474 g/mol. The van der Waals surface area contributed by atoms with Crippen LogP contribution in [0.5, 0.6) is 5.75 Å². The van der Waals surface area contributed by atoms with E-state index in [4.69, 9.17) is 4.98 Å². The Labute approximate surface area is 220 Å². The normalized spacial score (nSPS) is 11.4. The van der Waals surface area contributed by atoms with Crippen molar-refractivity contribution < 1.29 is 5.11 Å². The van der Waals surface area contributed by atoms with Gasteiger partial charge in [0.25, 0.3) is 0 Å². The minimum Gasteiger partial charge on any atom is -0.506 e. The SMILES string of the molecule is CCc1ccc2c(c1)c1cc(CC)c(-c3cccc(Sc4ccccn4)c3)nc1n2-c1ccccc1O. The Morgan fingerprint density at radius 1 is 0.811 bits per heavy atom. The van der Waals surface area contributed by atoms with E-state index in [1.54, 1.807) is 17.8 Å². The van der Waals surface area contributed by atoms with Crippen LogP contribution in [0.2, 0.25) is 0 Å². The van der Waals surface area contributed by atoms with Crippen molar-refractivity contribution in [1.29, 1.82) is 0 Å². The molecule has 0 aliphatic rings. The van der Waals surface area contributed by atoms with Crippen LogP contribution in [0, 0.1) is 0 Å². The molecule has 0 fully saturated rings. The maximum atomic E-state index is 10.8. The number of hydrogen-bond donors (Lipinski definition) is 1. The zero-order valence-electron chi connectivity index (χ0n) is 20.8. The van der Waals surface area contributed by atoms with Gasteiger partial charge in [0.15, 0.2) is 0 Å². The van der Waals surface area contributed by atoms with Gasteiger partial charge in [-0.3, -0.25) is 4.57 Å². The van der Waals surface area contributed by atoms with E-state index in [1.807, 2.05) is 42.6 Å². The van der Waals surface area contributed by atoms with E-state index in [9.17, 15) is 5.11 Å². The molecule has 6 aromatic rings. The Kier molecular flexibility index (Phi) is 6.15. The number of pyridine rings is 2. The number of rotatable bonds is 6. The second-order valence-corrected chi connectivity index (χ2v) is 10.1. The number of aryl methyl sites for hydroxylation is 2. The summed E-state index contributed by atoms with van der Waals surface area (Å²) in [5.41, 5.74) is 7.14. The fourth-order valence-corrected chi connectivity index (χ4v) is 5.73. The summed E-state index contributed by atoms with van der Waals surface area (Å²) in [4.78, 5) is 10.9. The van der Waals surface area contributed by atoms with E-state index < -0.39 is 0 Å². The lowest BCUT2D eigenvalue weighted by Crippen LogP contribution is -1.99. The summed E-state index contributed by atoms with van der Waals surface area (Å²) in [6.07, 6.45) is 3.65. The fraction of sp³-hybridized carbons (Fsp3) is 0.125. The molecular formula is C32H27N3OS. The molecule has 0 amide bonds. The molecule has 3 heterocycles. The standard InChI is InChI=1S/C32H27N3OS/c1-3-21-15-16-27-25(18-21)26-20-22(4-2)31(34-32(26)35(27)28-12-5-6-13-29(28)36)23-10-9-11-24(19-23)37-30-14-7-8-17-33-30/h5-20,36H,3-4H2,1-2H3. The third kappa shape index (κ3) is 4.25. The Balaban J connectivity index is 1.60. The van der Waals surface area contributed by atoms with E-state index in [1.165, 1.54) is 11.1 Å². The monoisotopic (exact) mass is 501 g/mol. The van der Waals surface area contributed by atoms with Gasteiger partial charge in [-0.2, -0.15) is 0 Å². The summed E-state index contributed by atoms with van der Waals surface area (Å²) >= 11 is 1.65. The molecule has 0 bridgehead atoms. The molecule has 0 atom stereocenters. The molecule has 4 nitrogen and oxygen atoms in total. The molecule has 3 aromatic heterocycles. The minimum atomic E-state index is 0.234. The van der Waals surface area contributed by atoms with Crippen LogP contribution in [0.4, 0.5) is 0 Å². The number of phenolic OH excluding ortho intramolecular Hbond substituents is 1. The maximum absolute atomic E-state index is 10.8. The summed E-state index contributed by atoms with van der Waals surface area (Å²) in [7, 11) is 0. The first-order chi connectivity index (χ1) is 18.2. The van der Waals surface area contributed by atoms with Gasteiger partial charge in [-0.25, -0.2) is 9.97 Å². The largest absolute Gasteiger partial charge is 0.506 e. The summed E-state index contributed by atoms with van der Waals surface area (Å²) < 4.78 is 2.09. The number of para-hydroxylation sites is 2. The molecule has 6 rings (SSSR count). The Bertz CT molecular complexity index is 1740. The van der Waals surface area contributed by atoms with Gasteiger partial charge in [0.1, 0.15) is 16.4 Å². The Morgan fingerprint density at radius 2 is 1.68 bits per heavy atom. The van der Waals surface area contributed by atoms with Crippen LogP contribution in [0.1, 0.15) is 25.0 Å². The first kappa shape index (κ1) is 23.3. The average molecular weight is 502 g/mol. The van der Waals surface area contributed by atoms with E-state index in [0.717, 1.165) is 61.6 Å². The molecule has 3 aromatic carbocycles. The predicted molar refractivity (Wildman–Crippen MR) is 153 cm³/mol. The molecule has 182 valence electrons. The lowest BCUT2D eigenvalue weighted by Gasteiger charge is -2.12. The summed E-state index contributed by atoms with van der Waals surface area (Å²) in [5.74, 6) is 0.234. The van der Waals surface area contributed by atoms with Crippen molar-refractivity contribution in [3.8, 4) is 22.7 Å². The molecule has 0 spiro atoms. The third-order valence-electron chi connectivity index (χ3n) is 6.76. The van der Waals surface area contributed by atoms with Gasteiger partial charge < -0.3 is 5.11 Å². The molecule has 0 aliphatic carbocycles. The number of benzene rings is 3. The zero-order chi connectivity index (χ0) is 25.4. The van der Waals surface area contributed by atoms with Crippen molar-refractivity contribution in [2.75, 3.05) is 0 Å². The lowest BCUT2D eigenvalue weighted by molar-refractivity contribution is 0.473. The quantitative estimate of drug-likeness (QED) is 0.250. The van der Waals surface area contributed by atoms with Crippen LogP contribution in [-0.2, 0) is 12.8 Å². The van der Waals surface area contributed by atoms with Crippen LogP contribution in [0.25, 0.3) is 38.9 Å². The Morgan fingerprint density at radius 3 is 2.46 bits per heavy atom. The molecule has 0 unspecified atom stereocenters. The Hall–Kier alpha value is -4.09. The van der Waals surface area contributed by atoms with E-state index in [-0.39, 0.29) is 5.75 Å². The second-order valence-electron chi connectivity index (χ2n) is 9.05. The van der Waals surface area contributed by atoms with Gasteiger partial charge >= 0.3 is 0 Å². The van der Waals surface area contributed by atoms with Crippen molar-refractivity contribution in [2.45, 2.75) is 36.6 Å². The van der Waals surface area contributed by atoms with E-state index >= 15 is 0 Å². The number of fused-ring (bicyclic) bond motifs is 3. The van der Waals surface area contributed by atoms with Crippen molar-refractivity contribution in [3.63, 3.8) is 0 Å². The lowest BCUT2D eigenvalue weighted by atomic mass is 10.0. The molecule has 1 N–H and O–H groups in total. The molecule has 0 saturated carbocycles. The molecule has 5 heteroatoms. The molecule has 37 heavy (non-hydrogen) atoms. The average Bonchev–Trinajstić information content (AvgIpc) is 3.25. The van der Waals surface area contributed by atoms with Crippen molar-refractivity contribution >= 4 is 33.7 Å². The number of hydrogen-bond acceptors (Lipinski definition) is 4. The first-order valence-corrected chi connectivity index (χ1v) is 13.4. The van der Waals surface area contributed by atoms with Crippen LogP contribution < -0.4 is 0 Å². The van der Waals surface area contributed by atoms with Gasteiger partial charge in [0.05, 0.1) is 16.9 Å². The highest BCUT2D eigenvalue weighted by molar-refractivity contribution is 7.99. The number of aromatic hydroxyl groups is 1. The van der Waals surface area contributed by atoms with Crippen molar-refractivity contribution in [1.82, 2.24) is 14.5 Å². The third-order valence-corrected chi connectivity index (χ3v) is 7.70. The molecule has 0 radical (unpaired) electrons. The topological polar surface area (TPSA) is 50.9 Å². The highest BCUT2D eigenvalue weighted by Crippen LogP contribution is 2.38. The summed E-state index contributed by atoms with van der Waals surface area (Å²) in [6, 6.07) is 30.8. The van der Waals surface area contributed by atoms with Gasteiger partial charge in [-0.15, -0.1) is 0 Å². The first-order valence-electron chi connectivity index (χ1n) is 12.6. The number of phenols is 1.